The van der Waals surface area contributed by atoms with E-state index in [4.69, 9.17) is 0 Å². The second-order valence-electron chi connectivity index (χ2n) is 5.18. The standard InChI is InChI=1S/C15H20N2S/c1-2-6-12-10-16-15(18-12)17-14-9-13(14)11-7-4-3-5-8-11/h3-5,7-8,12-14H,2,6,9-10H2,1H3,(H,16,17). The van der Waals surface area contributed by atoms with E-state index in [1.165, 1.54) is 30.0 Å². The molecule has 1 aromatic rings. The fraction of sp³-hybridized carbons (Fsp3) is 0.533. The highest BCUT2D eigenvalue weighted by Crippen LogP contribution is 2.41. The molecule has 1 fully saturated rings. The van der Waals surface area contributed by atoms with Crippen molar-refractivity contribution in [3.8, 4) is 0 Å². The minimum absolute atomic E-state index is 0.610. The topological polar surface area (TPSA) is 24.4 Å². The van der Waals surface area contributed by atoms with E-state index in [1.807, 2.05) is 11.8 Å². The zero-order valence-electron chi connectivity index (χ0n) is 10.8. The lowest BCUT2D eigenvalue weighted by Gasteiger charge is -2.07. The first-order valence-corrected chi connectivity index (χ1v) is 7.77. The summed E-state index contributed by atoms with van der Waals surface area (Å²) >= 11 is 1.94. The van der Waals surface area contributed by atoms with Crippen molar-refractivity contribution in [3.63, 3.8) is 0 Å². The minimum Gasteiger partial charge on any atom is -0.362 e. The van der Waals surface area contributed by atoms with Crippen LogP contribution < -0.4 is 5.32 Å². The lowest BCUT2D eigenvalue weighted by atomic mass is 10.1. The van der Waals surface area contributed by atoms with E-state index in [1.54, 1.807) is 0 Å². The Morgan fingerprint density at radius 2 is 2.17 bits per heavy atom. The number of aliphatic imine (C=N–C) groups is 1. The highest BCUT2D eigenvalue weighted by molar-refractivity contribution is 8.14. The highest BCUT2D eigenvalue weighted by atomic mass is 32.2. The SMILES string of the molecule is CCCC1CN=C(NC2CC2c2ccccc2)S1. The molecule has 0 aromatic heterocycles. The van der Waals surface area contributed by atoms with Gasteiger partial charge in [-0.1, -0.05) is 55.4 Å². The quantitative estimate of drug-likeness (QED) is 0.897. The van der Waals surface area contributed by atoms with Gasteiger partial charge in [0.1, 0.15) is 0 Å². The molecule has 3 heteroatoms. The molecule has 2 nitrogen and oxygen atoms in total. The molecule has 0 bridgehead atoms. The molecular weight excluding hydrogens is 240 g/mol. The van der Waals surface area contributed by atoms with E-state index in [-0.39, 0.29) is 0 Å². The third kappa shape index (κ3) is 2.72. The van der Waals surface area contributed by atoms with Crippen molar-refractivity contribution in [1.82, 2.24) is 5.32 Å². The molecule has 1 N–H and O–H groups in total. The van der Waals surface area contributed by atoms with Crippen molar-refractivity contribution in [2.75, 3.05) is 6.54 Å². The van der Waals surface area contributed by atoms with Crippen LogP contribution in [-0.2, 0) is 0 Å². The van der Waals surface area contributed by atoms with Gasteiger partial charge in [-0.25, -0.2) is 0 Å². The average molecular weight is 260 g/mol. The summed E-state index contributed by atoms with van der Waals surface area (Å²) in [6.45, 7) is 3.25. The normalized spacial score (nSPS) is 30.1. The number of thioether (sulfide) groups is 1. The van der Waals surface area contributed by atoms with Gasteiger partial charge >= 0.3 is 0 Å². The van der Waals surface area contributed by atoms with Gasteiger partial charge in [0.15, 0.2) is 5.17 Å². The third-order valence-corrected chi connectivity index (χ3v) is 4.84. The molecule has 1 aliphatic heterocycles. The number of nitrogens with one attached hydrogen (secondary N) is 1. The van der Waals surface area contributed by atoms with Gasteiger partial charge in [-0.05, 0) is 18.4 Å². The maximum Gasteiger partial charge on any atom is 0.157 e. The molecule has 1 saturated carbocycles. The van der Waals surface area contributed by atoms with Crippen molar-refractivity contribution in [2.45, 2.75) is 43.4 Å². The summed E-state index contributed by atoms with van der Waals surface area (Å²) in [5.41, 5.74) is 1.46. The molecule has 3 rings (SSSR count). The molecular formula is C15H20N2S. The van der Waals surface area contributed by atoms with Crippen molar-refractivity contribution in [1.29, 1.82) is 0 Å². The molecule has 2 aliphatic rings. The molecule has 3 unspecified atom stereocenters. The van der Waals surface area contributed by atoms with E-state index in [2.05, 4.69) is 47.6 Å². The molecule has 0 radical (unpaired) electrons. The first kappa shape index (κ1) is 12.1. The summed E-state index contributed by atoms with van der Waals surface area (Å²) in [7, 11) is 0. The number of nitrogens with zero attached hydrogens (tertiary/aromatic N) is 1. The van der Waals surface area contributed by atoms with E-state index >= 15 is 0 Å². The monoisotopic (exact) mass is 260 g/mol. The van der Waals surface area contributed by atoms with E-state index in [0.717, 1.165) is 6.54 Å². The van der Waals surface area contributed by atoms with Crippen molar-refractivity contribution in [2.24, 2.45) is 4.99 Å². The smallest absolute Gasteiger partial charge is 0.157 e. The van der Waals surface area contributed by atoms with Gasteiger partial charge in [0, 0.05) is 17.2 Å². The number of benzene rings is 1. The molecule has 1 aromatic carbocycles. The summed E-state index contributed by atoms with van der Waals surface area (Å²) in [6, 6.07) is 11.4. The van der Waals surface area contributed by atoms with E-state index in [9.17, 15) is 0 Å². The molecule has 18 heavy (non-hydrogen) atoms. The molecule has 3 atom stereocenters. The van der Waals surface area contributed by atoms with Gasteiger partial charge < -0.3 is 5.32 Å². The Bertz CT molecular complexity index is 429. The van der Waals surface area contributed by atoms with Gasteiger partial charge in [0.05, 0.1) is 6.54 Å². The lowest BCUT2D eigenvalue weighted by molar-refractivity contribution is 0.753. The summed E-state index contributed by atoms with van der Waals surface area (Å²) in [6.07, 6.45) is 3.80. The van der Waals surface area contributed by atoms with Crippen LogP contribution in [-0.4, -0.2) is 23.0 Å². The van der Waals surface area contributed by atoms with Crippen LogP contribution in [0.2, 0.25) is 0 Å². The van der Waals surface area contributed by atoms with E-state index < -0.39 is 0 Å². The van der Waals surface area contributed by atoms with E-state index in [0.29, 0.717) is 17.2 Å². The Labute approximate surface area is 113 Å². The van der Waals surface area contributed by atoms with Crippen LogP contribution in [0.25, 0.3) is 0 Å². The van der Waals surface area contributed by atoms with Crippen LogP contribution in [0, 0.1) is 0 Å². The van der Waals surface area contributed by atoms with Gasteiger partial charge in [0.2, 0.25) is 0 Å². The number of amidine groups is 1. The number of hydrogen-bond donors (Lipinski definition) is 1. The summed E-state index contributed by atoms with van der Waals surface area (Å²) in [5, 5.41) is 5.49. The van der Waals surface area contributed by atoms with Crippen molar-refractivity contribution >= 4 is 16.9 Å². The Morgan fingerprint density at radius 1 is 1.33 bits per heavy atom. The zero-order chi connectivity index (χ0) is 12.4. The lowest BCUT2D eigenvalue weighted by Crippen LogP contribution is -2.23. The summed E-state index contributed by atoms with van der Waals surface area (Å²) in [5.74, 6) is 0.694. The van der Waals surface area contributed by atoms with Crippen LogP contribution in [0.1, 0.15) is 37.7 Å². The zero-order valence-corrected chi connectivity index (χ0v) is 11.6. The largest absolute Gasteiger partial charge is 0.362 e. The van der Waals surface area contributed by atoms with Crippen molar-refractivity contribution < 1.29 is 0 Å². The Hall–Kier alpha value is -0.960. The van der Waals surface area contributed by atoms with Crippen molar-refractivity contribution in [3.05, 3.63) is 35.9 Å². The first-order chi connectivity index (χ1) is 8.86. The minimum atomic E-state index is 0.610. The van der Waals surface area contributed by atoms with Crippen LogP contribution in [0.15, 0.2) is 35.3 Å². The maximum absolute atomic E-state index is 4.61. The summed E-state index contributed by atoms with van der Waals surface area (Å²) in [4.78, 5) is 4.61. The van der Waals surface area contributed by atoms with Gasteiger partial charge in [-0.2, -0.15) is 0 Å². The molecule has 0 saturated heterocycles. The number of rotatable bonds is 4. The summed E-state index contributed by atoms with van der Waals surface area (Å²) < 4.78 is 0. The first-order valence-electron chi connectivity index (χ1n) is 6.89. The van der Waals surface area contributed by atoms with Crippen LogP contribution in [0.4, 0.5) is 0 Å². The third-order valence-electron chi connectivity index (χ3n) is 3.65. The van der Waals surface area contributed by atoms with Crippen LogP contribution >= 0.6 is 11.8 Å². The molecule has 0 amide bonds. The van der Waals surface area contributed by atoms with Gasteiger partial charge in [-0.3, -0.25) is 4.99 Å². The van der Waals surface area contributed by atoms with Crippen LogP contribution in [0.3, 0.4) is 0 Å². The second kappa shape index (κ2) is 5.35. The Balaban J connectivity index is 1.49. The average Bonchev–Trinajstić information content (AvgIpc) is 3.02. The Kier molecular flexibility index (Phi) is 3.59. The maximum atomic E-state index is 4.61. The predicted octanol–water partition coefficient (Wildman–Crippen LogP) is 3.40. The fourth-order valence-electron chi connectivity index (χ4n) is 2.55. The Morgan fingerprint density at radius 3 is 2.94 bits per heavy atom. The predicted molar refractivity (Wildman–Crippen MR) is 79.3 cm³/mol. The fourth-order valence-corrected chi connectivity index (χ4v) is 3.74. The van der Waals surface area contributed by atoms with Gasteiger partial charge in [0.25, 0.3) is 0 Å². The molecule has 96 valence electrons. The molecule has 0 spiro atoms. The molecule has 1 heterocycles. The van der Waals surface area contributed by atoms with Crippen LogP contribution in [0.5, 0.6) is 0 Å². The second-order valence-corrected chi connectivity index (χ2v) is 6.47. The van der Waals surface area contributed by atoms with Gasteiger partial charge in [-0.15, -0.1) is 0 Å². The highest BCUT2D eigenvalue weighted by Gasteiger charge is 2.39. The number of hydrogen-bond acceptors (Lipinski definition) is 3. The molecule has 1 aliphatic carbocycles.